The Hall–Kier alpha value is -2.15. The van der Waals surface area contributed by atoms with Gasteiger partial charge in [0, 0.05) is 11.0 Å². The summed E-state index contributed by atoms with van der Waals surface area (Å²) in [5.74, 6) is -0.485. The summed E-state index contributed by atoms with van der Waals surface area (Å²) in [6.07, 6.45) is 0. The minimum absolute atomic E-state index is 0.112. The topological polar surface area (TPSA) is 67.2 Å². The molecule has 0 saturated heterocycles. The van der Waals surface area contributed by atoms with E-state index in [1.165, 1.54) is 12.1 Å². The summed E-state index contributed by atoms with van der Waals surface area (Å²) in [5.41, 5.74) is 0.679. The number of anilines is 3. The third kappa shape index (κ3) is 3.49. The van der Waals surface area contributed by atoms with Crippen molar-refractivity contribution in [3.8, 4) is 0 Å². The van der Waals surface area contributed by atoms with Gasteiger partial charge in [0.05, 0.1) is 10.6 Å². The average Bonchev–Trinajstić information content (AvgIpc) is 2.43. The Kier molecular flexibility index (Phi) is 4.74. The lowest BCUT2D eigenvalue weighted by molar-refractivity contribution is -0.383. The molecule has 2 aromatic carbocycles. The van der Waals surface area contributed by atoms with Gasteiger partial charge in [0.25, 0.3) is 0 Å². The molecule has 2 N–H and O–H groups in total. The van der Waals surface area contributed by atoms with Crippen LogP contribution in [0.1, 0.15) is 6.92 Å². The number of nitro groups is 1. The highest BCUT2D eigenvalue weighted by molar-refractivity contribution is 9.10. The molecule has 0 radical (unpaired) electrons. The molecule has 0 amide bonds. The fourth-order valence-electron chi connectivity index (χ4n) is 1.91. The van der Waals surface area contributed by atoms with E-state index in [2.05, 4.69) is 26.6 Å². The maximum atomic E-state index is 13.8. The van der Waals surface area contributed by atoms with E-state index in [0.29, 0.717) is 16.7 Å². The third-order valence-corrected chi connectivity index (χ3v) is 3.28. The first-order chi connectivity index (χ1) is 10.0. The van der Waals surface area contributed by atoms with E-state index in [4.69, 9.17) is 0 Å². The Bertz CT molecular complexity index is 679. The maximum absolute atomic E-state index is 13.8. The predicted molar refractivity (Wildman–Crippen MR) is 84.6 cm³/mol. The third-order valence-electron chi connectivity index (χ3n) is 2.78. The first kappa shape index (κ1) is 15.2. The second-order valence-electron chi connectivity index (χ2n) is 4.24. The number of para-hydroxylation sites is 1. The largest absolute Gasteiger partial charge is 0.380 e. The predicted octanol–water partition coefficient (Wildman–Crippen LogP) is 4.67. The van der Waals surface area contributed by atoms with Gasteiger partial charge in [-0.05, 0) is 37.3 Å². The van der Waals surface area contributed by atoms with Gasteiger partial charge in [-0.1, -0.05) is 22.0 Å². The Balaban J connectivity index is 2.46. The van der Waals surface area contributed by atoms with Crippen molar-refractivity contribution in [2.75, 3.05) is 17.2 Å². The molecule has 110 valence electrons. The van der Waals surface area contributed by atoms with E-state index in [1.807, 2.05) is 6.92 Å². The van der Waals surface area contributed by atoms with E-state index in [9.17, 15) is 14.5 Å². The molecule has 0 aliphatic carbocycles. The van der Waals surface area contributed by atoms with E-state index in [-0.39, 0.29) is 17.1 Å². The molecule has 0 bridgehead atoms. The molecule has 0 atom stereocenters. The molecule has 5 nitrogen and oxygen atoms in total. The van der Waals surface area contributed by atoms with Gasteiger partial charge in [-0.15, -0.1) is 0 Å². The molecular formula is C14H13BrFN3O2. The highest BCUT2D eigenvalue weighted by Gasteiger charge is 2.20. The van der Waals surface area contributed by atoms with Gasteiger partial charge in [-0.2, -0.15) is 0 Å². The van der Waals surface area contributed by atoms with Crippen LogP contribution in [0.4, 0.5) is 27.1 Å². The zero-order valence-electron chi connectivity index (χ0n) is 11.2. The lowest BCUT2D eigenvalue weighted by Gasteiger charge is -2.11. The molecule has 2 aromatic rings. The molecule has 2 rings (SSSR count). The Morgan fingerprint density at radius 2 is 1.95 bits per heavy atom. The minimum Gasteiger partial charge on any atom is -0.380 e. The number of halogens is 2. The SMILES string of the molecule is CCNc1cccc(Nc2cc(Br)ccc2F)c1[N+](=O)[O-]. The molecule has 21 heavy (non-hydrogen) atoms. The smallest absolute Gasteiger partial charge is 0.315 e. The summed E-state index contributed by atoms with van der Waals surface area (Å²) in [7, 11) is 0. The first-order valence-electron chi connectivity index (χ1n) is 6.26. The van der Waals surface area contributed by atoms with Crippen molar-refractivity contribution >= 4 is 38.7 Å². The van der Waals surface area contributed by atoms with Crippen LogP contribution in [-0.4, -0.2) is 11.5 Å². The number of nitrogens with zero attached hydrogens (tertiary/aromatic N) is 1. The first-order valence-corrected chi connectivity index (χ1v) is 7.05. The zero-order chi connectivity index (χ0) is 15.4. The Morgan fingerprint density at radius 3 is 2.62 bits per heavy atom. The van der Waals surface area contributed by atoms with Crippen LogP contribution < -0.4 is 10.6 Å². The van der Waals surface area contributed by atoms with Crippen LogP contribution in [0.2, 0.25) is 0 Å². The second kappa shape index (κ2) is 6.53. The minimum atomic E-state index is -0.490. The van der Waals surface area contributed by atoms with Crippen molar-refractivity contribution in [2.45, 2.75) is 6.92 Å². The lowest BCUT2D eigenvalue weighted by Crippen LogP contribution is -2.04. The summed E-state index contributed by atoms with van der Waals surface area (Å²) >= 11 is 3.24. The molecule has 0 spiro atoms. The van der Waals surface area contributed by atoms with Crippen LogP contribution in [-0.2, 0) is 0 Å². The lowest BCUT2D eigenvalue weighted by atomic mass is 10.2. The van der Waals surface area contributed by atoms with Crippen LogP contribution in [0.25, 0.3) is 0 Å². The maximum Gasteiger partial charge on any atom is 0.315 e. The van der Waals surface area contributed by atoms with Crippen LogP contribution in [0.15, 0.2) is 40.9 Å². The van der Waals surface area contributed by atoms with E-state index >= 15 is 0 Å². The average molecular weight is 354 g/mol. The number of rotatable bonds is 5. The number of nitro benzene ring substituents is 1. The van der Waals surface area contributed by atoms with Crippen molar-refractivity contribution < 1.29 is 9.31 Å². The molecular weight excluding hydrogens is 341 g/mol. The van der Waals surface area contributed by atoms with Gasteiger partial charge in [0.15, 0.2) is 0 Å². The molecule has 0 fully saturated rings. The molecule has 0 aromatic heterocycles. The highest BCUT2D eigenvalue weighted by Crippen LogP contribution is 2.35. The normalized spacial score (nSPS) is 10.2. The summed E-state index contributed by atoms with van der Waals surface area (Å²) in [4.78, 5) is 10.8. The van der Waals surface area contributed by atoms with E-state index in [0.717, 1.165) is 0 Å². The summed E-state index contributed by atoms with van der Waals surface area (Å²) in [6.45, 7) is 2.40. The van der Waals surface area contributed by atoms with Crippen molar-refractivity contribution in [1.82, 2.24) is 0 Å². The molecule has 0 aliphatic heterocycles. The van der Waals surface area contributed by atoms with Crippen molar-refractivity contribution in [1.29, 1.82) is 0 Å². The Labute approximate surface area is 129 Å². The van der Waals surface area contributed by atoms with Crippen LogP contribution >= 0.6 is 15.9 Å². The van der Waals surface area contributed by atoms with Gasteiger partial charge < -0.3 is 10.6 Å². The standard InChI is InChI=1S/C14H13BrFN3O2/c1-2-17-11-4-3-5-12(14(11)19(20)21)18-13-8-9(15)6-7-10(13)16/h3-8,17-18H,2H2,1H3. The Morgan fingerprint density at radius 1 is 1.24 bits per heavy atom. The van der Waals surface area contributed by atoms with E-state index in [1.54, 1.807) is 24.3 Å². The van der Waals surface area contributed by atoms with Gasteiger partial charge in [-0.25, -0.2) is 4.39 Å². The molecule has 0 aliphatic rings. The van der Waals surface area contributed by atoms with Crippen molar-refractivity contribution in [3.63, 3.8) is 0 Å². The van der Waals surface area contributed by atoms with Crippen LogP contribution in [0, 0.1) is 15.9 Å². The van der Waals surface area contributed by atoms with E-state index < -0.39 is 10.7 Å². The molecule has 7 heteroatoms. The van der Waals surface area contributed by atoms with Gasteiger partial charge in [-0.3, -0.25) is 10.1 Å². The number of nitrogens with one attached hydrogen (secondary N) is 2. The molecule has 0 heterocycles. The van der Waals surface area contributed by atoms with Gasteiger partial charge in [0.2, 0.25) is 0 Å². The van der Waals surface area contributed by atoms with Crippen LogP contribution in [0.5, 0.6) is 0 Å². The quantitative estimate of drug-likeness (QED) is 0.605. The second-order valence-corrected chi connectivity index (χ2v) is 5.15. The summed E-state index contributed by atoms with van der Waals surface area (Å²) < 4.78 is 14.4. The number of hydrogen-bond acceptors (Lipinski definition) is 4. The van der Waals surface area contributed by atoms with Gasteiger partial charge in [0.1, 0.15) is 17.2 Å². The summed E-state index contributed by atoms with van der Waals surface area (Å²) in [6, 6.07) is 9.20. The highest BCUT2D eigenvalue weighted by atomic mass is 79.9. The van der Waals surface area contributed by atoms with Crippen molar-refractivity contribution in [2.24, 2.45) is 0 Å². The summed E-state index contributed by atoms with van der Waals surface area (Å²) in [5, 5.41) is 17.0. The number of hydrogen-bond donors (Lipinski definition) is 2. The molecule has 0 unspecified atom stereocenters. The monoisotopic (exact) mass is 353 g/mol. The molecule has 0 saturated carbocycles. The zero-order valence-corrected chi connectivity index (χ0v) is 12.8. The number of benzene rings is 2. The van der Waals surface area contributed by atoms with Gasteiger partial charge >= 0.3 is 5.69 Å². The van der Waals surface area contributed by atoms with Crippen LogP contribution in [0.3, 0.4) is 0 Å². The van der Waals surface area contributed by atoms with Crippen molar-refractivity contribution in [3.05, 3.63) is 56.8 Å². The fourth-order valence-corrected chi connectivity index (χ4v) is 2.27. The fraction of sp³-hybridized carbons (Fsp3) is 0.143.